The van der Waals surface area contributed by atoms with E-state index in [2.05, 4.69) is 52.0 Å². The van der Waals surface area contributed by atoms with Crippen LogP contribution in [-0.2, 0) is 12.0 Å². The summed E-state index contributed by atoms with van der Waals surface area (Å²) in [6, 6.07) is 22.8. The fourth-order valence-electron chi connectivity index (χ4n) is 4.45. The number of para-hydroxylation sites is 1. The Morgan fingerprint density at radius 1 is 1.03 bits per heavy atom. The number of hydrogen-bond donors (Lipinski definition) is 2. The van der Waals surface area contributed by atoms with Crippen LogP contribution in [-0.4, -0.2) is 43.2 Å². The molecule has 5 heteroatoms. The van der Waals surface area contributed by atoms with Crippen LogP contribution in [0.1, 0.15) is 41.4 Å². The highest BCUT2D eigenvalue weighted by Crippen LogP contribution is 2.33. The van der Waals surface area contributed by atoms with Gasteiger partial charge in [-0.25, -0.2) is 0 Å². The molecule has 1 atom stereocenters. The standard InChI is InChI=1S/C27H34N2O2S/c1-28-17-13-25(26-12-7-21-32-26)31-24-11-6-5-8-22(24)14-18-29-19-15-27(30,16-20-29)23-9-3-2-4-10-23/h2-12,21,25,28,30H,13-20H2,1H3. The lowest BCUT2D eigenvalue weighted by Gasteiger charge is -2.38. The zero-order chi connectivity index (χ0) is 22.2. The van der Waals surface area contributed by atoms with E-state index in [0.717, 1.165) is 63.2 Å². The smallest absolute Gasteiger partial charge is 0.134 e. The molecule has 0 spiro atoms. The average molecular weight is 451 g/mol. The minimum Gasteiger partial charge on any atom is -0.485 e. The molecule has 0 radical (unpaired) electrons. The first-order valence-electron chi connectivity index (χ1n) is 11.6. The number of nitrogens with one attached hydrogen (secondary N) is 1. The van der Waals surface area contributed by atoms with Gasteiger partial charge in [0.15, 0.2) is 0 Å². The second kappa shape index (κ2) is 11.1. The SMILES string of the molecule is CNCCC(Oc1ccccc1CCN1CCC(O)(c2ccccc2)CC1)c1cccs1. The minimum absolute atomic E-state index is 0.0689. The van der Waals surface area contributed by atoms with Gasteiger partial charge in [-0.2, -0.15) is 0 Å². The maximum Gasteiger partial charge on any atom is 0.134 e. The van der Waals surface area contributed by atoms with E-state index < -0.39 is 5.60 Å². The van der Waals surface area contributed by atoms with Crippen LogP contribution in [0.4, 0.5) is 0 Å². The Kier molecular flexibility index (Phi) is 7.98. The molecule has 1 fully saturated rings. The van der Waals surface area contributed by atoms with Gasteiger partial charge in [-0.05, 0) is 61.5 Å². The average Bonchev–Trinajstić information content (AvgIpc) is 3.38. The lowest BCUT2D eigenvalue weighted by molar-refractivity contribution is -0.0256. The normalized spacial score (nSPS) is 17.2. The van der Waals surface area contributed by atoms with Gasteiger partial charge in [-0.3, -0.25) is 0 Å². The van der Waals surface area contributed by atoms with Gasteiger partial charge in [0.25, 0.3) is 0 Å². The number of ether oxygens (including phenoxy) is 1. The second-order valence-corrected chi connectivity index (χ2v) is 9.59. The Hall–Kier alpha value is -2.18. The van der Waals surface area contributed by atoms with Crippen molar-refractivity contribution >= 4 is 11.3 Å². The molecule has 170 valence electrons. The van der Waals surface area contributed by atoms with E-state index >= 15 is 0 Å². The van der Waals surface area contributed by atoms with Crippen LogP contribution < -0.4 is 10.1 Å². The monoisotopic (exact) mass is 450 g/mol. The van der Waals surface area contributed by atoms with Crippen LogP contribution in [0, 0.1) is 0 Å². The zero-order valence-electron chi connectivity index (χ0n) is 18.9. The first-order chi connectivity index (χ1) is 15.7. The first-order valence-corrected chi connectivity index (χ1v) is 12.5. The summed E-state index contributed by atoms with van der Waals surface area (Å²) in [5.74, 6) is 0.986. The molecule has 1 unspecified atom stereocenters. The van der Waals surface area contributed by atoms with Gasteiger partial charge in [-0.15, -0.1) is 11.3 Å². The predicted octanol–water partition coefficient (Wildman–Crippen LogP) is 5.00. The van der Waals surface area contributed by atoms with E-state index in [9.17, 15) is 5.11 Å². The molecule has 1 aliphatic rings. The van der Waals surface area contributed by atoms with Crippen molar-refractivity contribution in [2.24, 2.45) is 0 Å². The van der Waals surface area contributed by atoms with Gasteiger partial charge in [0.05, 0.1) is 5.60 Å². The Morgan fingerprint density at radius 2 is 1.78 bits per heavy atom. The van der Waals surface area contributed by atoms with Crippen molar-refractivity contribution in [1.82, 2.24) is 10.2 Å². The summed E-state index contributed by atoms with van der Waals surface area (Å²) in [5.41, 5.74) is 1.60. The van der Waals surface area contributed by atoms with Crippen molar-refractivity contribution in [3.63, 3.8) is 0 Å². The van der Waals surface area contributed by atoms with Crippen LogP contribution >= 0.6 is 11.3 Å². The van der Waals surface area contributed by atoms with Crippen molar-refractivity contribution in [1.29, 1.82) is 0 Å². The third-order valence-corrected chi connectivity index (χ3v) is 7.41. The topological polar surface area (TPSA) is 44.7 Å². The van der Waals surface area contributed by atoms with Crippen LogP contribution in [0.2, 0.25) is 0 Å². The third-order valence-electron chi connectivity index (χ3n) is 6.45. The first kappa shape index (κ1) is 23.0. The number of piperidine rings is 1. The number of benzene rings is 2. The minimum atomic E-state index is -0.694. The summed E-state index contributed by atoms with van der Waals surface area (Å²) in [5, 5.41) is 16.5. The van der Waals surface area contributed by atoms with Gasteiger partial charge >= 0.3 is 0 Å². The fraction of sp³-hybridized carbons (Fsp3) is 0.407. The van der Waals surface area contributed by atoms with E-state index in [1.165, 1.54) is 10.4 Å². The number of hydrogen-bond acceptors (Lipinski definition) is 5. The summed E-state index contributed by atoms with van der Waals surface area (Å²) in [6.45, 7) is 3.72. The molecule has 1 saturated heterocycles. The molecule has 4 nitrogen and oxygen atoms in total. The van der Waals surface area contributed by atoms with Crippen molar-refractivity contribution in [2.75, 3.05) is 33.2 Å². The number of rotatable bonds is 10. The molecule has 0 aliphatic carbocycles. The van der Waals surface area contributed by atoms with E-state index in [1.54, 1.807) is 11.3 Å². The maximum absolute atomic E-state index is 11.1. The summed E-state index contributed by atoms with van der Waals surface area (Å²) < 4.78 is 6.53. The second-order valence-electron chi connectivity index (χ2n) is 8.61. The Morgan fingerprint density at radius 3 is 2.50 bits per heavy atom. The Bertz CT molecular complexity index is 937. The summed E-state index contributed by atoms with van der Waals surface area (Å²) in [4.78, 5) is 3.73. The molecule has 1 aromatic heterocycles. The molecule has 3 aromatic rings. The molecule has 0 bridgehead atoms. The van der Waals surface area contributed by atoms with E-state index in [-0.39, 0.29) is 6.10 Å². The molecule has 2 N–H and O–H groups in total. The summed E-state index contributed by atoms with van der Waals surface area (Å²) in [7, 11) is 1.98. The predicted molar refractivity (Wildman–Crippen MR) is 132 cm³/mol. The lowest BCUT2D eigenvalue weighted by atomic mass is 9.84. The number of nitrogens with zero attached hydrogens (tertiary/aromatic N) is 1. The summed E-state index contributed by atoms with van der Waals surface area (Å²) >= 11 is 1.76. The van der Waals surface area contributed by atoms with Crippen LogP contribution in [0.15, 0.2) is 72.1 Å². The van der Waals surface area contributed by atoms with Crippen LogP contribution in [0.5, 0.6) is 5.75 Å². The Balaban J connectivity index is 1.36. The third kappa shape index (κ3) is 5.78. The molecule has 0 saturated carbocycles. The number of aliphatic hydroxyl groups is 1. The van der Waals surface area contributed by atoms with Crippen molar-refractivity contribution in [2.45, 2.75) is 37.4 Å². The van der Waals surface area contributed by atoms with Crippen molar-refractivity contribution in [3.05, 3.63) is 88.1 Å². The largest absolute Gasteiger partial charge is 0.485 e. The highest BCUT2D eigenvalue weighted by molar-refractivity contribution is 7.10. The van der Waals surface area contributed by atoms with Gasteiger partial charge in [0.2, 0.25) is 0 Å². The van der Waals surface area contributed by atoms with Gasteiger partial charge in [-0.1, -0.05) is 54.6 Å². The molecular weight excluding hydrogens is 416 g/mol. The van der Waals surface area contributed by atoms with Crippen molar-refractivity contribution in [3.8, 4) is 5.75 Å². The molecule has 2 aromatic carbocycles. The maximum atomic E-state index is 11.1. The van der Waals surface area contributed by atoms with Gasteiger partial charge in [0, 0.05) is 30.9 Å². The zero-order valence-corrected chi connectivity index (χ0v) is 19.7. The molecule has 2 heterocycles. The summed E-state index contributed by atoms with van der Waals surface area (Å²) in [6.07, 6.45) is 3.51. The van der Waals surface area contributed by atoms with Crippen LogP contribution in [0.25, 0.3) is 0 Å². The molecule has 32 heavy (non-hydrogen) atoms. The fourth-order valence-corrected chi connectivity index (χ4v) is 5.24. The van der Waals surface area contributed by atoms with E-state index in [0.29, 0.717) is 0 Å². The molecular formula is C27H34N2O2S. The number of likely N-dealkylation sites (tertiary alicyclic amines) is 1. The van der Waals surface area contributed by atoms with E-state index in [1.807, 2.05) is 37.4 Å². The highest BCUT2D eigenvalue weighted by atomic mass is 32.1. The molecule has 1 aliphatic heterocycles. The van der Waals surface area contributed by atoms with Crippen LogP contribution in [0.3, 0.4) is 0 Å². The number of thiophene rings is 1. The molecule has 4 rings (SSSR count). The van der Waals surface area contributed by atoms with Gasteiger partial charge in [0.1, 0.15) is 11.9 Å². The van der Waals surface area contributed by atoms with Crippen molar-refractivity contribution < 1.29 is 9.84 Å². The highest BCUT2D eigenvalue weighted by Gasteiger charge is 2.33. The quantitative estimate of drug-likeness (QED) is 0.456. The van der Waals surface area contributed by atoms with Gasteiger partial charge < -0.3 is 20.1 Å². The molecule has 0 amide bonds. The Labute approximate surface area is 195 Å². The van der Waals surface area contributed by atoms with E-state index in [4.69, 9.17) is 4.74 Å². The lowest BCUT2D eigenvalue weighted by Crippen LogP contribution is -2.43.